The van der Waals surface area contributed by atoms with Crippen molar-refractivity contribution in [3.8, 4) is 0 Å². The highest BCUT2D eigenvalue weighted by Crippen LogP contribution is 2.36. The fraction of sp³-hybridized carbons (Fsp3) is 0.190. The van der Waals surface area contributed by atoms with Crippen LogP contribution in [-0.2, 0) is 0 Å². The number of nitrogens with one attached hydrogen (secondary N) is 2. The predicted octanol–water partition coefficient (Wildman–Crippen LogP) is 10.0. The second kappa shape index (κ2) is 12.9. The summed E-state index contributed by atoms with van der Waals surface area (Å²) in [5.41, 5.74) is 6.57. The Hall–Kier alpha value is -5.26. The van der Waals surface area contributed by atoms with Gasteiger partial charge in [0.05, 0.1) is 33.4 Å². The summed E-state index contributed by atoms with van der Waals surface area (Å²) in [7, 11) is 0. The first kappa shape index (κ1) is 29.2. The minimum Gasteiger partial charge on any atom is -0.384 e. The zero-order valence-corrected chi connectivity index (χ0v) is 26.8. The molecule has 8 rings (SSSR count). The molecule has 232 valence electrons. The molecule has 2 N–H and O–H groups in total. The van der Waals surface area contributed by atoms with E-state index in [4.69, 9.17) is 9.97 Å². The highest BCUT2D eigenvalue weighted by atomic mass is 15.1. The number of fused-ring (bicyclic) bond motifs is 8. The maximum Gasteiger partial charge on any atom is 0.0808 e. The number of aromatic nitrogens is 2. The van der Waals surface area contributed by atoms with E-state index in [2.05, 4.69) is 144 Å². The average Bonchev–Trinajstić information content (AvgIpc) is 3.13. The third-order valence-electron chi connectivity index (χ3n) is 9.50. The van der Waals surface area contributed by atoms with Crippen LogP contribution in [0.25, 0.3) is 65.2 Å². The van der Waals surface area contributed by atoms with Gasteiger partial charge < -0.3 is 15.5 Å². The molecule has 5 nitrogen and oxygen atoms in total. The highest BCUT2D eigenvalue weighted by molar-refractivity contribution is 6.17. The van der Waals surface area contributed by atoms with Crippen LogP contribution in [0.4, 0.5) is 11.4 Å². The number of para-hydroxylation sites is 2. The van der Waals surface area contributed by atoms with Crippen LogP contribution in [0.2, 0.25) is 0 Å². The highest BCUT2D eigenvalue weighted by Gasteiger charge is 2.13. The van der Waals surface area contributed by atoms with Crippen LogP contribution in [0.1, 0.15) is 19.8 Å². The van der Waals surface area contributed by atoms with Gasteiger partial charge >= 0.3 is 0 Å². The first-order valence-corrected chi connectivity index (χ1v) is 16.9. The van der Waals surface area contributed by atoms with Crippen LogP contribution in [-0.4, -0.2) is 47.6 Å². The Bertz CT molecular complexity index is 2210. The molecule has 2 heterocycles. The van der Waals surface area contributed by atoms with E-state index >= 15 is 0 Å². The number of nitrogens with zero attached hydrogens (tertiary/aromatic N) is 3. The Morgan fingerprint density at radius 1 is 0.468 bits per heavy atom. The number of anilines is 2. The molecule has 8 aromatic rings. The quantitative estimate of drug-likeness (QED) is 0.0864. The van der Waals surface area contributed by atoms with E-state index in [-0.39, 0.29) is 0 Å². The zero-order valence-electron chi connectivity index (χ0n) is 26.8. The first-order chi connectivity index (χ1) is 23.3. The summed E-state index contributed by atoms with van der Waals surface area (Å²) >= 11 is 0. The molecule has 0 aliphatic carbocycles. The summed E-state index contributed by atoms with van der Waals surface area (Å²) in [4.78, 5) is 12.7. The van der Waals surface area contributed by atoms with Crippen molar-refractivity contribution in [2.45, 2.75) is 19.8 Å². The summed E-state index contributed by atoms with van der Waals surface area (Å²) in [6.07, 6.45) is 2.14. The van der Waals surface area contributed by atoms with Crippen LogP contribution in [0.15, 0.2) is 121 Å². The van der Waals surface area contributed by atoms with E-state index in [0.29, 0.717) is 0 Å². The Labute approximate surface area is 275 Å². The van der Waals surface area contributed by atoms with Gasteiger partial charge in [0.25, 0.3) is 0 Å². The lowest BCUT2D eigenvalue weighted by molar-refractivity contribution is 0.286. The van der Waals surface area contributed by atoms with Crippen molar-refractivity contribution in [3.63, 3.8) is 0 Å². The summed E-state index contributed by atoms with van der Waals surface area (Å²) < 4.78 is 0. The van der Waals surface area contributed by atoms with E-state index in [1.165, 1.54) is 54.5 Å². The third kappa shape index (κ3) is 5.57. The lowest BCUT2D eigenvalue weighted by Crippen LogP contribution is -2.28. The van der Waals surface area contributed by atoms with E-state index in [1.807, 2.05) is 0 Å². The number of benzene rings is 6. The molecule has 2 aromatic heterocycles. The van der Waals surface area contributed by atoms with Gasteiger partial charge in [-0.15, -0.1) is 0 Å². The Kier molecular flexibility index (Phi) is 7.98. The fourth-order valence-electron chi connectivity index (χ4n) is 7.09. The fourth-order valence-corrected chi connectivity index (χ4v) is 7.09. The molecule has 5 heteroatoms. The molecular weight excluding hydrogens is 574 g/mol. The van der Waals surface area contributed by atoms with Crippen molar-refractivity contribution in [3.05, 3.63) is 121 Å². The van der Waals surface area contributed by atoms with Crippen molar-refractivity contribution in [1.29, 1.82) is 0 Å². The monoisotopic (exact) mass is 613 g/mol. The SMILES string of the molecule is CCN(CCCNc1c2ccccc2nc2c1ccc1ccccc12)CCCNc1c2ccccc2nc2c1ccc1ccccc12. The minimum absolute atomic E-state index is 0.910. The van der Waals surface area contributed by atoms with E-state index < -0.39 is 0 Å². The average molecular weight is 614 g/mol. The predicted molar refractivity (Wildman–Crippen MR) is 202 cm³/mol. The molecule has 0 radical (unpaired) electrons. The molecule has 0 saturated carbocycles. The van der Waals surface area contributed by atoms with Crippen LogP contribution >= 0.6 is 0 Å². The molecule has 0 unspecified atom stereocenters. The van der Waals surface area contributed by atoms with Crippen molar-refractivity contribution in [1.82, 2.24) is 14.9 Å². The van der Waals surface area contributed by atoms with E-state index in [0.717, 1.165) is 67.6 Å². The van der Waals surface area contributed by atoms with Gasteiger partial charge in [-0.3, -0.25) is 0 Å². The molecule has 0 aliphatic rings. The molecule has 0 spiro atoms. The Morgan fingerprint density at radius 2 is 0.894 bits per heavy atom. The van der Waals surface area contributed by atoms with Gasteiger partial charge in [-0.05, 0) is 55.4 Å². The molecular formula is C42H39N5. The van der Waals surface area contributed by atoms with E-state index in [9.17, 15) is 0 Å². The molecule has 6 aromatic carbocycles. The number of pyridine rings is 2. The number of hydrogen-bond acceptors (Lipinski definition) is 5. The number of rotatable bonds is 11. The Morgan fingerprint density at radius 3 is 1.36 bits per heavy atom. The third-order valence-corrected chi connectivity index (χ3v) is 9.50. The summed E-state index contributed by atoms with van der Waals surface area (Å²) in [6, 6.07) is 42.9. The topological polar surface area (TPSA) is 53.1 Å². The van der Waals surface area contributed by atoms with Crippen molar-refractivity contribution < 1.29 is 0 Å². The van der Waals surface area contributed by atoms with Gasteiger partial charge in [-0.1, -0.05) is 116 Å². The zero-order chi connectivity index (χ0) is 31.6. The lowest BCUT2D eigenvalue weighted by atomic mass is 10.0. The molecule has 0 atom stereocenters. The smallest absolute Gasteiger partial charge is 0.0808 e. The molecule has 0 amide bonds. The van der Waals surface area contributed by atoms with E-state index in [1.54, 1.807) is 0 Å². The van der Waals surface area contributed by atoms with Gasteiger partial charge in [-0.25, -0.2) is 9.97 Å². The standard InChI is InChI=1S/C42H39N5/c1-2-47(27-11-25-43-39-33-17-7-9-19-37(33)45-41-31-15-5-3-13-29(31)21-23-35(39)41)28-12-26-44-40-34-18-8-10-20-38(34)46-42-32-16-6-4-14-30(32)22-24-36(40)42/h3-10,13-24H,2,11-12,25-28H2,1H3,(H,43,45)(H,44,46). The molecule has 0 fully saturated rings. The van der Waals surface area contributed by atoms with Gasteiger partial charge in [0.1, 0.15) is 0 Å². The molecule has 0 saturated heterocycles. The van der Waals surface area contributed by atoms with Gasteiger partial charge in [0, 0.05) is 45.4 Å². The summed E-state index contributed by atoms with van der Waals surface area (Å²) in [5.74, 6) is 0. The van der Waals surface area contributed by atoms with Crippen LogP contribution in [0, 0.1) is 0 Å². The summed E-state index contributed by atoms with van der Waals surface area (Å²) in [6.45, 7) is 7.24. The maximum absolute atomic E-state index is 5.09. The summed E-state index contributed by atoms with van der Waals surface area (Å²) in [5, 5.41) is 17.2. The van der Waals surface area contributed by atoms with Crippen LogP contribution < -0.4 is 10.6 Å². The molecule has 47 heavy (non-hydrogen) atoms. The molecule has 0 aliphatic heterocycles. The van der Waals surface area contributed by atoms with Crippen molar-refractivity contribution >= 4 is 76.5 Å². The van der Waals surface area contributed by atoms with Gasteiger partial charge in [-0.2, -0.15) is 0 Å². The maximum atomic E-state index is 5.09. The largest absolute Gasteiger partial charge is 0.384 e. The Balaban J connectivity index is 0.937. The van der Waals surface area contributed by atoms with Gasteiger partial charge in [0.2, 0.25) is 0 Å². The number of hydrogen-bond donors (Lipinski definition) is 2. The van der Waals surface area contributed by atoms with Crippen molar-refractivity contribution in [2.24, 2.45) is 0 Å². The minimum atomic E-state index is 0.910. The second-order valence-corrected chi connectivity index (χ2v) is 12.4. The van der Waals surface area contributed by atoms with Crippen molar-refractivity contribution in [2.75, 3.05) is 43.4 Å². The van der Waals surface area contributed by atoms with Gasteiger partial charge in [0.15, 0.2) is 0 Å². The first-order valence-electron chi connectivity index (χ1n) is 16.9. The lowest BCUT2D eigenvalue weighted by Gasteiger charge is -2.21. The normalized spacial score (nSPS) is 11.9. The van der Waals surface area contributed by atoms with Crippen LogP contribution in [0.3, 0.4) is 0 Å². The van der Waals surface area contributed by atoms with Crippen LogP contribution in [0.5, 0.6) is 0 Å². The second-order valence-electron chi connectivity index (χ2n) is 12.4. The molecule has 0 bridgehead atoms.